The van der Waals surface area contributed by atoms with Crippen LogP contribution in [0, 0.1) is 0 Å². The third-order valence-corrected chi connectivity index (χ3v) is 27.3. The maximum Gasteiger partial charge on any atom is 0.261 e. The van der Waals surface area contributed by atoms with Gasteiger partial charge in [-0.3, -0.25) is 0 Å². The van der Waals surface area contributed by atoms with Crippen molar-refractivity contribution in [2.24, 2.45) is 0 Å². The minimum Gasteiger partial charge on any atom is -0.497 e. The van der Waals surface area contributed by atoms with Gasteiger partial charge in [0.05, 0.1) is 86.4 Å². The monoisotopic (exact) mass is 1660 g/mol. The topological polar surface area (TPSA) is 157 Å². The molecule has 122 heavy (non-hydrogen) atoms. The number of hydrogen-bond acceptors (Lipinski definition) is 17. The van der Waals surface area contributed by atoms with Crippen LogP contribution >= 0.6 is 0 Å². The molecule has 15 rings (SSSR count). The van der Waals surface area contributed by atoms with Crippen molar-refractivity contribution in [3.8, 4) is 11.5 Å². The zero-order valence-electron chi connectivity index (χ0n) is 69.6. The van der Waals surface area contributed by atoms with Gasteiger partial charge in [-0.1, -0.05) is 354 Å². The highest BCUT2D eigenvalue weighted by Gasteiger charge is 2.59. The normalized spacial score (nSPS) is 23.0. The van der Waals surface area contributed by atoms with Gasteiger partial charge in [0.25, 0.3) is 8.32 Å². The van der Waals surface area contributed by atoms with Gasteiger partial charge in [0.15, 0.2) is 18.7 Å². The SMILES string of the molecule is COc1ccc(O[C@H]2O[C@H](COCc3ccccc3)[C@@H](OCc3ccccc3)[C@H](OCc3ccccc3)[C@@H]2O[C@H]2O[C@H](CO[Si](c3ccccc3)(c3ccccc3)C(C)(C)C)[C@@H](OCc3ccccc3)[C@H](OCc3ccccc3)[C@@H]2O[C@H]2O[C@H](COCc3ccccc3)[C@@H](OCc3ccccc3)[C@H](OCc3ccccc3)[C@@H]2OCc2ccccc2)cc1. The van der Waals surface area contributed by atoms with Crippen LogP contribution in [0.25, 0.3) is 0 Å². The van der Waals surface area contributed by atoms with Crippen molar-refractivity contribution >= 4 is 18.7 Å². The molecule has 0 aromatic heterocycles. The van der Waals surface area contributed by atoms with E-state index in [0.717, 1.165) is 60.4 Å². The molecule has 3 fully saturated rings. The minimum atomic E-state index is -3.44. The summed E-state index contributed by atoms with van der Waals surface area (Å²) in [5.41, 5.74) is 8.28. The van der Waals surface area contributed by atoms with Crippen LogP contribution in [-0.4, -0.2) is 127 Å². The highest BCUT2D eigenvalue weighted by molar-refractivity contribution is 6.99. The van der Waals surface area contributed by atoms with Crippen molar-refractivity contribution in [1.29, 1.82) is 0 Å². The van der Waals surface area contributed by atoms with Crippen LogP contribution in [0.15, 0.2) is 358 Å². The summed E-state index contributed by atoms with van der Waals surface area (Å²) in [5, 5.41) is 1.64. The molecular formula is C104H110O17Si. The van der Waals surface area contributed by atoms with Crippen LogP contribution < -0.4 is 19.8 Å². The Morgan fingerprint density at radius 1 is 0.246 bits per heavy atom. The van der Waals surface area contributed by atoms with Crippen molar-refractivity contribution in [2.45, 2.75) is 177 Å². The fourth-order valence-corrected chi connectivity index (χ4v) is 20.7. The average molecular weight is 1660 g/mol. The zero-order valence-corrected chi connectivity index (χ0v) is 70.6. The molecule has 18 heteroatoms. The fraction of sp³-hybridized carbons (Fsp3) is 0.308. The summed E-state index contributed by atoms with van der Waals surface area (Å²) in [5.74, 6) is 1.06. The van der Waals surface area contributed by atoms with E-state index in [1.807, 2.05) is 309 Å². The maximum atomic E-state index is 8.24. The quantitative estimate of drug-likeness (QED) is 0.0333. The Morgan fingerprint density at radius 3 is 0.787 bits per heavy atom. The fourth-order valence-electron chi connectivity index (χ4n) is 16.2. The smallest absolute Gasteiger partial charge is 0.261 e. The van der Waals surface area contributed by atoms with Crippen molar-refractivity contribution in [1.82, 2.24) is 0 Å². The molecule has 17 nitrogen and oxygen atoms in total. The van der Waals surface area contributed by atoms with Gasteiger partial charge < -0.3 is 80.2 Å². The second-order valence-corrected chi connectivity index (χ2v) is 36.2. The first-order chi connectivity index (χ1) is 60.1. The van der Waals surface area contributed by atoms with E-state index in [9.17, 15) is 0 Å². The van der Waals surface area contributed by atoms with E-state index in [1.54, 1.807) is 7.11 Å². The first-order valence-electron chi connectivity index (χ1n) is 42.2. The summed E-state index contributed by atoms with van der Waals surface area (Å²) < 4.78 is 127. The van der Waals surface area contributed by atoms with E-state index in [1.165, 1.54) is 0 Å². The summed E-state index contributed by atoms with van der Waals surface area (Å²) in [7, 11) is -1.82. The van der Waals surface area contributed by atoms with Gasteiger partial charge in [-0.2, -0.15) is 0 Å². The van der Waals surface area contributed by atoms with E-state index < -0.39 is 105 Å². The van der Waals surface area contributed by atoms with Crippen molar-refractivity contribution in [3.05, 3.63) is 408 Å². The van der Waals surface area contributed by atoms with E-state index in [4.69, 9.17) is 80.2 Å². The minimum absolute atomic E-state index is 0.0230. The molecule has 3 heterocycles. The first kappa shape index (κ1) is 86.8. The summed E-state index contributed by atoms with van der Waals surface area (Å²) in [6.45, 7) is 8.22. The Bertz CT molecular complexity index is 4890. The predicted molar refractivity (Wildman–Crippen MR) is 470 cm³/mol. The predicted octanol–water partition coefficient (Wildman–Crippen LogP) is 18.1. The number of rotatable bonds is 41. The molecule has 3 aliphatic heterocycles. The molecule has 632 valence electrons. The Balaban J connectivity index is 0.932. The molecule has 12 aromatic carbocycles. The van der Waals surface area contributed by atoms with Crippen LogP contribution in [0.2, 0.25) is 5.04 Å². The second-order valence-electron chi connectivity index (χ2n) is 31.9. The third-order valence-electron chi connectivity index (χ3n) is 22.3. The van der Waals surface area contributed by atoms with Crippen molar-refractivity contribution in [2.75, 3.05) is 26.9 Å². The van der Waals surface area contributed by atoms with Gasteiger partial charge in [-0.15, -0.1) is 0 Å². The molecule has 0 saturated carbocycles. The van der Waals surface area contributed by atoms with Crippen LogP contribution in [0.3, 0.4) is 0 Å². The van der Waals surface area contributed by atoms with Crippen molar-refractivity contribution in [3.63, 3.8) is 0 Å². The zero-order chi connectivity index (χ0) is 83.4. The third kappa shape index (κ3) is 23.4. The molecule has 3 aliphatic rings. The molecule has 0 aliphatic carbocycles. The van der Waals surface area contributed by atoms with Crippen LogP contribution in [0.5, 0.6) is 11.5 Å². The summed E-state index contributed by atoms with van der Waals surface area (Å²) in [6.07, 6.45) is -16.7. The van der Waals surface area contributed by atoms with Crippen LogP contribution in [0.1, 0.15) is 70.8 Å². The number of benzene rings is 12. The Labute approximate surface area is 718 Å². The summed E-state index contributed by atoms with van der Waals surface area (Å²) in [4.78, 5) is 0. The Kier molecular flexibility index (Phi) is 31.5. The molecule has 0 N–H and O–H groups in total. The molecule has 15 atom stereocenters. The largest absolute Gasteiger partial charge is 0.497 e. The lowest BCUT2D eigenvalue weighted by Gasteiger charge is -2.52. The van der Waals surface area contributed by atoms with Gasteiger partial charge >= 0.3 is 0 Å². The number of ether oxygens (including phenoxy) is 16. The van der Waals surface area contributed by atoms with Gasteiger partial charge in [0.2, 0.25) is 6.29 Å². The van der Waals surface area contributed by atoms with E-state index in [-0.39, 0.29) is 79.3 Å². The second kappa shape index (κ2) is 44.3. The highest BCUT2D eigenvalue weighted by atomic mass is 28.4. The van der Waals surface area contributed by atoms with Crippen LogP contribution in [0.4, 0.5) is 0 Å². The lowest BCUT2D eigenvalue weighted by atomic mass is 9.95. The molecule has 0 radical (unpaired) electrons. The van der Waals surface area contributed by atoms with Crippen LogP contribution in [-0.2, 0) is 130 Å². The van der Waals surface area contributed by atoms with Gasteiger partial charge in [-0.05, 0) is 89.7 Å². The van der Waals surface area contributed by atoms with E-state index in [2.05, 4.69) is 69.3 Å². The van der Waals surface area contributed by atoms with E-state index in [0.29, 0.717) is 11.5 Å². The standard InChI is InChI=1S/C104H110O17Si/c1-104(2,3)122(87-56-34-14-35-57-87,88-58-36-15-37-59-88)115-75-91-94(110-68-80-46-24-9-25-47-80)97(113-71-83-52-30-12-31-53-83)100(120-101-98(114-72-84-54-32-13-33-55-84)95(111-69-81-48-26-10-27-49-81)92(108-66-78-42-20-7-21-43-78)89(117-101)73-106-64-76-38-16-5-17-39-76)103(119-91)121-99-96(112-70-82-50-28-11-29-51-82)93(109-67-79-44-22-8-23-45-79)90(74-107-65-77-40-18-6-19-41-77)118-102(99)116-86-62-60-85(105-4)61-63-86/h5-63,89-103H,64-75H2,1-4H3/t89-,90-,91-,92-,93-,94-,95+,96+,97+,98+,99+,100+,101-,102+,103-/m1/s1. The van der Waals surface area contributed by atoms with Crippen molar-refractivity contribution < 1.29 is 80.2 Å². The van der Waals surface area contributed by atoms with Gasteiger partial charge in [-0.25, -0.2) is 0 Å². The molecule has 0 spiro atoms. The average Bonchev–Trinajstić information content (AvgIpc) is 0.743. The summed E-state index contributed by atoms with van der Waals surface area (Å²) >= 11 is 0. The Hall–Kier alpha value is -10.1. The molecule has 0 unspecified atom stereocenters. The maximum absolute atomic E-state index is 8.24. The number of hydrogen-bond donors (Lipinski definition) is 0. The summed E-state index contributed by atoms with van der Waals surface area (Å²) in [6, 6.07) is 119. The molecule has 12 aromatic rings. The Morgan fingerprint density at radius 2 is 0.484 bits per heavy atom. The van der Waals surface area contributed by atoms with E-state index >= 15 is 0 Å². The van der Waals surface area contributed by atoms with Gasteiger partial charge in [0.1, 0.15) is 78.6 Å². The number of methoxy groups -OCH3 is 1. The van der Waals surface area contributed by atoms with Gasteiger partial charge in [0, 0.05) is 0 Å². The molecule has 0 amide bonds. The lowest BCUT2D eigenvalue weighted by Crippen LogP contribution is -2.70. The molecular weight excluding hydrogens is 1550 g/mol. The highest BCUT2D eigenvalue weighted by Crippen LogP contribution is 2.43. The lowest BCUT2D eigenvalue weighted by molar-refractivity contribution is -0.402. The molecule has 0 bridgehead atoms. The first-order valence-corrected chi connectivity index (χ1v) is 44.1. The molecule has 3 saturated heterocycles.